The number of rotatable bonds is 3. The molecule has 0 spiro atoms. The fourth-order valence-electron chi connectivity index (χ4n) is 3.33. The first-order chi connectivity index (χ1) is 12.5. The van der Waals surface area contributed by atoms with E-state index in [0.717, 1.165) is 12.8 Å². The summed E-state index contributed by atoms with van der Waals surface area (Å²) >= 11 is 0. The Hall–Kier alpha value is -1.84. The van der Waals surface area contributed by atoms with E-state index in [1.165, 1.54) is 0 Å². The standard InChI is InChI=1S/C17H24F3N3O4/c1-16(2,3)27-15(24)23-7-5-4-6-12(23)14-22-21-13(25-14)10-8-11(9-10)26-17(18,19)20/h10-12H,4-9H2,1-3H3/t10?,11?,12-/m1/s1. The van der Waals surface area contributed by atoms with Gasteiger partial charge in [-0.1, -0.05) is 0 Å². The number of hydrogen-bond acceptors (Lipinski definition) is 6. The predicted molar refractivity (Wildman–Crippen MR) is 86.7 cm³/mol. The lowest BCUT2D eigenvalue weighted by Crippen LogP contribution is -2.42. The third kappa shape index (κ3) is 5.12. The first kappa shape index (κ1) is 19.9. The van der Waals surface area contributed by atoms with E-state index >= 15 is 0 Å². The lowest BCUT2D eigenvalue weighted by atomic mass is 9.82. The summed E-state index contributed by atoms with van der Waals surface area (Å²) in [6, 6.07) is -0.378. The molecule has 27 heavy (non-hydrogen) atoms. The maximum atomic E-state index is 12.5. The van der Waals surface area contributed by atoms with Crippen LogP contribution >= 0.6 is 0 Å². The maximum absolute atomic E-state index is 12.5. The van der Waals surface area contributed by atoms with Crippen LogP contribution < -0.4 is 0 Å². The number of amides is 1. The fourth-order valence-corrected chi connectivity index (χ4v) is 3.33. The highest BCUT2D eigenvalue weighted by atomic mass is 19.4. The minimum atomic E-state index is -4.63. The molecule has 1 aromatic rings. The normalized spacial score (nSPS) is 26.6. The minimum absolute atomic E-state index is 0.182. The second kappa shape index (κ2) is 7.29. The van der Waals surface area contributed by atoms with Gasteiger partial charge in [-0.05, 0) is 52.9 Å². The van der Waals surface area contributed by atoms with Crippen molar-refractivity contribution >= 4 is 6.09 Å². The van der Waals surface area contributed by atoms with Gasteiger partial charge >= 0.3 is 12.5 Å². The van der Waals surface area contributed by atoms with E-state index < -0.39 is 24.2 Å². The van der Waals surface area contributed by atoms with Gasteiger partial charge in [0.1, 0.15) is 11.6 Å². The monoisotopic (exact) mass is 391 g/mol. The molecule has 1 aliphatic heterocycles. The molecule has 1 aromatic heterocycles. The third-order valence-corrected chi connectivity index (χ3v) is 4.62. The van der Waals surface area contributed by atoms with Crippen molar-refractivity contribution in [3.05, 3.63) is 11.8 Å². The number of likely N-dealkylation sites (tertiary alicyclic amines) is 1. The first-order valence-corrected chi connectivity index (χ1v) is 9.09. The van der Waals surface area contributed by atoms with Crippen LogP contribution in [0.1, 0.15) is 76.6 Å². The molecule has 152 valence electrons. The third-order valence-electron chi connectivity index (χ3n) is 4.62. The molecular weight excluding hydrogens is 367 g/mol. The van der Waals surface area contributed by atoms with Gasteiger partial charge in [-0.2, -0.15) is 0 Å². The fraction of sp³-hybridized carbons (Fsp3) is 0.824. The average Bonchev–Trinajstić information content (AvgIpc) is 2.97. The summed E-state index contributed by atoms with van der Waals surface area (Å²) in [5.41, 5.74) is -0.613. The van der Waals surface area contributed by atoms with Gasteiger partial charge in [0.05, 0.1) is 6.10 Å². The Balaban J connectivity index is 1.63. The smallest absolute Gasteiger partial charge is 0.444 e. The van der Waals surface area contributed by atoms with Gasteiger partial charge in [-0.15, -0.1) is 23.4 Å². The van der Waals surface area contributed by atoms with Crippen LogP contribution in [0.4, 0.5) is 18.0 Å². The Bertz CT molecular complexity index is 665. The SMILES string of the molecule is CC(C)(C)OC(=O)N1CCCC[C@@H]1c1nnc(C2CC(OC(F)(F)F)C2)o1. The molecule has 10 heteroatoms. The molecule has 0 aromatic carbocycles. The van der Waals surface area contributed by atoms with Gasteiger partial charge in [0.15, 0.2) is 0 Å². The number of aromatic nitrogens is 2. The molecule has 0 unspecified atom stereocenters. The molecule has 2 aliphatic rings. The van der Waals surface area contributed by atoms with Crippen LogP contribution in [0.25, 0.3) is 0 Å². The number of hydrogen-bond donors (Lipinski definition) is 0. The van der Waals surface area contributed by atoms with Crippen molar-refractivity contribution in [2.24, 2.45) is 0 Å². The van der Waals surface area contributed by atoms with E-state index in [2.05, 4.69) is 14.9 Å². The van der Waals surface area contributed by atoms with Crippen molar-refractivity contribution in [3.8, 4) is 0 Å². The number of ether oxygens (including phenoxy) is 2. The number of piperidine rings is 1. The summed E-state index contributed by atoms with van der Waals surface area (Å²) in [5, 5.41) is 8.02. The van der Waals surface area contributed by atoms with Crippen LogP contribution in [0.2, 0.25) is 0 Å². The minimum Gasteiger partial charge on any atom is -0.444 e. The molecule has 1 atom stereocenters. The van der Waals surface area contributed by atoms with Gasteiger partial charge in [-0.25, -0.2) is 4.79 Å². The summed E-state index contributed by atoms with van der Waals surface area (Å²) in [4.78, 5) is 14.1. The van der Waals surface area contributed by atoms with Crippen molar-refractivity contribution in [3.63, 3.8) is 0 Å². The molecule has 1 amide bonds. The zero-order valence-corrected chi connectivity index (χ0v) is 15.6. The zero-order chi connectivity index (χ0) is 19.8. The molecule has 1 saturated heterocycles. The van der Waals surface area contributed by atoms with Crippen molar-refractivity contribution in [2.75, 3.05) is 6.54 Å². The van der Waals surface area contributed by atoms with Crippen molar-refractivity contribution < 1.29 is 31.9 Å². The summed E-state index contributed by atoms with van der Waals surface area (Å²) in [6.45, 7) is 5.92. The van der Waals surface area contributed by atoms with Gasteiger partial charge in [0.2, 0.25) is 11.8 Å². The van der Waals surface area contributed by atoms with Crippen LogP contribution in [-0.2, 0) is 9.47 Å². The number of alkyl halides is 3. The van der Waals surface area contributed by atoms with Crippen LogP contribution in [0.3, 0.4) is 0 Å². The van der Waals surface area contributed by atoms with Gasteiger partial charge in [0.25, 0.3) is 0 Å². The molecule has 2 fully saturated rings. The molecule has 0 N–H and O–H groups in total. The highest BCUT2D eigenvalue weighted by Crippen LogP contribution is 2.41. The highest BCUT2D eigenvalue weighted by molar-refractivity contribution is 5.68. The maximum Gasteiger partial charge on any atom is 0.522 e. The molecule has 0 radical (unpaired) electrons. The number of nitrogens with zero attached hydrogens (tertiary/aromatic N) is 3. The van der Waals surface area contributed by atoms with E-state index in [0.29, 0.717) is 24.7 Å². The van der Waals surface area contributed by atoms with E-state index in [4.69, 9.17) is 9.15 Å². The second-order valence-electron chi connectivity index (χ2n) is 8.02. The Morgan fingerprint density at radius 3 is 2.44 bits per heavy atom. The van der Waals surface area contributed by atoms with Crippen LogP contribution in [-0.4, -0.2) is 45.8 Å². The Kier molecular flexibility index (Phi) is 5.38. The Morgan fingerprint density at radius 2 is 1.81 bits per heavy atom. The van der Waals surface area contributed by atoms with E-state index in [1.807, 2.05) is 0 Å². The summed E-state index contributed by atoms with van der Waals surface area (Å²) < 4.78 is 51.8. The largest absolute Gasteiger partial charge is 0.522 e. The molecule has 1 saturated carbocycles. The number of carbonyl (C=O) groups is 1. The van der Waals surface area contributed by atoms with Gasteiger partial charge < -0.3 is 9.15 Å². The molecule has 0 bridgehead atoms. The lowest BCUT2D eigenvalue weighted by molar-refractivity contribution is -0.352. The first-order valence-electron chi connectivity index (χ1n) is 9.09. The summed E-state index contributed by atoms with van der Waals surface area (Å²) in [6.07, 6.45) is -3.14. The molecule has 1 aliphatic carbocycles. The summed E-state index contributed by atoms with van der Waals surface area (Å²) in [7, 11) is 0. The van der Waals surface area contributed by atoms with Gasteiger partial charge in [0, 0.05) is 12.5 Å². The van der Waals surface area contributed by atoms with Crippen molar-refractivity contribution in [2.45, 2.75) is 82.9 Å². The van der Waals surface area contributed by atoms with Gasteiger partial charge in [-0.3, -0.25) is 9.64 Å². The molecule has 3 rings (SSSR count). The van der Waals surface area contributed by atoms with E-state index in [1.54, 1.807) is 25.7 Å². The average molecular weight is 391 g/mol. The van der Waals surface area contributed by atoms with Crippen LogP contribution in [0.15, 0.2) is 4.42 Å². The van der Waals surface area contributed by atoms with E-state index in [9.17, 15) is 18.0 Å². The van der Waals surface area contributed by atoms with E-state index in [-0.39, 0.29) is 24.8 Å². The number of halogens is 3. The quantitative estimate of drug-likeness (QED) is 0.764. The van der Waals surface area contributed by atoms with Crippen molar-refractivity contribution in [1.82, 2.24) is 15.1 Å². The molecule has 7 nitrogen and oxygen atoms in total. The molecular formula is C17H24F3N3O4. The van der Waals surface area contributed by atoms with Crippen LogP contribution in [0, 0.1) is 0 Å². The predicted octanol–water partition coefficient (Wildman–Crippen LogP) is 4.31. The van der Waals surface area contributed by atoms with Crippen molar-refractivity contribution in [1.29, 1.82) is 0 Å². The second-order valence-corrected chi connectivity index (χ2v) is 8.02. The Morgan fingerprint density at radius 1 is 1.15 bits per heavy atom. The summed E-state index contributed by atoms with van der Waals surface area (Å²) in [5.74, 6) is 0.342. The topological polar surface area (TPSA) is 77.7 Å². The highest BCUT2D eigenvalue weighted by Gasteiger charge is 2.43. The lowest BCUT2D eigenvalue weighted by Gasteiger charge is -2.35. The van der Waals surface area contributed by atoms with Crippen LogP contribution in [0.5, 0.6) is 0 Å². The number of carbonyl (C=O) groups excluding carboxylic acids is 1. The molecule has 2 heterocycles. The zero-order valence-electron chi connectivity index (χ0n) is 15.6. The Labute approximate surface area is 155 Å².